The van der Waals surface area contributed by atoms with E-state index < -0.39 is 28.0 Å². The molecule has 0 atom stereocenters. The van der Waals surface area contributed by atoms with Crippen molar-refractivity contribution in [3.05, 3.63) is 125 Å². The maximum atomic E-state index is 14.2. The van der Waals surface area contributed by atoms with E-state index >= 15 is 0 Å². The zero-order valence-electron chi connectivity index (χ0n) is 28.9. The second-order valence-corrected chi connectivity index (χ2v) is 17.4. The quantitative estimate of drug-likeness (QED) is 0.183. The molecule has 0 saturated heterocycles. The second-order valence-electron chi connectivity index (χ2n) is 14.7. The maximum Gasteiger partial charge on any atom is 0.416 e. The lowest BCUT2D eigenvalue weighted by Gasteiger charge is -2.40. The number of hydrogen-bond acceptors (Lipinski definition) is 2. The lowest BCUT2D eigenvalue weighted by atomic mass is 9.84. The summed E-state index contributed by atoms with van der Waals surface area (Å²) in [4.78, 5) is 16.9. The lowest BCUT2D eigenvalue weighted by Crippen LogP contribution is -2.15. The van der Waals surface area contributed by atoms with Gasteiger partial charge in [-0.15, -0.1) is 0 Å². The fourth-order valence-electron chi connectivity index (χ4n) is 8.61. The number of carbonyl (C=O) groups is 1. The van der Waals surface area contributed by atoms with Gasteiger partial charge in [0.25, 0.3) is 0 Å². The molecule has 4 aromatic rings. The summed E-state index contributed by atoms with van der Waals surface area (Å²) in [6.45, 7) is 0. The Morgan fingerprint density at radius 3 is 1.10 bits per heavy atom. The second kappa shape index (κ2) is 15.4. The van der Waals surface area contributed by atoms with Gasteiger partial charge in [0.2, 0.25) is 0 Å². The van der Waals surface area contributed by atoms with Crippen molar-refractivity contribution in [3.8, 4) is 0 Å². The molecule has 0 spiro atoms. The van der Waals surface area contributed by atoms with Crippen LogP contribution in [0.25, 0.3) is 0 Å². The van der Waals surface area contributed by atoms with Gasteiger partial charge in [-0.2, -0.15) is 13.2 Å². The third-order valence-electron chi connectivity index (χ3n) is 11.5. The topological polar surface area (TPSA) is 26.3 Å². The molecule has 264 valence electrons. The fraction of sp³-hybridized carbons (Fsp3) is 0.432. The van der Waals surface area contributed by atoms with Gasteiger partial charge in [-0.25, -0.2) is 4.79 Å². The van der Waals surface area contributed by atoms with E-state index in [9.17, 15) is 18.0 Å². The summed E-state index contributed by atoms with van der Waals surface area (Å²) in [5, 5.41) is 0. The van der Waals surface area contributed by atoms with Gasteiger partial charge >= 0.3 is 12.1 Å². The van der Waals surface area contributed by atoms with E-state index in [2.05, 4.69) is 72.8 Å². The summed E-state index contributed by atoms with van der Waals surface area (Å²) in [6, 6.07) is 30.5. The van der Waals surface area contributed by atoms with Crippen molar-refractivity contribution >= 4 is 16.3 Å². The highest BCUT2D eigenvalue weighted by Gasteiger charge is 2.37. The molecule has 0 aliphatic heterocycles. The normalized spacial score (nSPS) is 18.9. The molecular weight excluding hydrogens is 650 g/mol. The molecule has 3 fully saturated rings. The molecule has 0 bridgehead atoms. The minimum Gasteiger partial charge on any atom is -0.398 e. The van der Waals surface area contributed by atoms with E-state index in [0.29, 0.717) is 17.8 Å². The molecule has 7 rings (SSSR count). The van der Waals surface area contributed by atoms with E-state index in [4.69, 9.17) is 4.18 Å². The van der Waals surface area contributed by atoms with Crippen LogP contribution in [0.5, 0.6) is 0 Å². The summed E-state index contributed by atoms with van der Waals surface area (Å²) >= 11 is 0. The summed E-state index contributed by atoms with van der Waals surface area (Å²) in [5.41, 5.74) is 3.26. The minimum absolute atomic E-state index is 0.103. The van der Waals surface area contributed by atoms with Crippen molar-refractivity contribution in [3.63, 3.8) is 0 Å². The third kappa shape index (κ3) is 7.56. The number of carbonyl (C=O) groups excluding carboxylic acids is 1. The molecule has 2 nitrogen and oxygen atoms in total. The van der Waals surface area contributed by atoms with Crippen LogP contribution < -0.4 is 0 Å². The molecule has 0 radical (unpaired) electrons. The first kappa shape index (κ1) is 34.9. The number of halogens is 3. The SMILES string of the molecule is O=C(OS(c1ccc(C2CCCCC2)cc1)(c1ccc(C2CCCCC2)cc1)c1ccc(C2CCCCC2)cc1)c1ccc(C(F)(F)F)cc1. The summed E-state index contributed by atoms with van der Waals surface area (Å²) in [7, 11) is -2.63. The zero-order valence-corrected chi connectivity index (χ0v) is 29.8. The highest BCUT2D eigenvalue weighted by Crippen LogP contribution is 2.69. The summed E-state index contributed by atoms with van der Waals surface area (Å²) < 4.78 is 47.2. The van der Waals surface area contributed by atoms with Crippen LogP contribution in [0.15, 0.2) is 112 Å². The van der Waals surface area contributed by atoms with Crippen LogP contribution in [-0.2, 0) is 10.4 Å². The van der Waals surface area contributed by atoms with Gasteiger partial charge in [0, 0.05) is 14.7 Å². The number of alkyl halides is 3. The van der Waals surface area contributed by atoms with Gasteiger partial charge in [0.15, 0.2) is 0 Å². The molecule has 4 aromatic carbocycles. The standard InChI is InChI=1S/C44H49F3O2S/c45-44(46,47)39-24-16-38(17-25-39)43(48)49-50(40-26-18-35(19-27-40)32-10-4-1-5-11-32,41-28-20-36(21-29-41)33-12-6-2-7-13-33)42-30-22-37(23-31-42)34-14-8-3-9-15-34/h16-34H,1-15H2. The van der Waals surface area contributed by atoms with Gasteiger partial charge in [0.05, 0.1) is 11.1 Å². The molecule has 3 aliphatic rings. The largest absolute Gasteiger partial charge is 0.416 e. The lowest BCUT2D eigenvalue weighted by molar-refractivity contribution is -0.137. The van der Waals surface area contributed by atoms with Crippen LogP contribution in [0.4, 0.5) is 13.2 Å². The van der Waals surface area contributed by atoms with Crippen LogP contribution in [0, 0.1) is 0 Å². The number of hydrogen-bond donors (Lipinski definition) is 0. The minimum atomic E-state index is -4.49. The first-order valence-electron chi connectivity index (χ1n) is 18.9. The van der Waals surface area contributed by atoms with Crippen molar-refractivity contribution < 1.29 is 22.1 Å². The smallest absolute Gasteiger partial charge is 0.398 e. The van der Waals surface area contributed by atoms with Crippen molar-refractivity contribution in [2.75, 3.05) is 0 Å². The highest BCUT2D eigenvalue weighted by atomic mass is 32.3. The van der Waals surface area contributed by atoms with Crippen LogP contribution in [0.1, 0.15) is 147 Å². The van der Waals surface area contributed by atoms with Gasteiger partial charge in [0.1, 0.15) is 0 Å². The molecule has 0 N–H and O–H groups in total. The monoisotopic (exact) mass is 698 g/mol. The molecule has 0 aromatic heterocycles. The first-order valence-corrected chi connectivity index (χ1v) is 20.4. The molecule has 3 saturated carbocycles. The predicted octanol–water partition coefficient (Wildman–Crippen LogP) is 13.9. The Morgan fingerprint density at radius 2 is 0.800 bits per heavy atom. The van der Waals surface area contributed by atoms with E-state index in [0.717, 1.165) is 26.8 Å². The Balaban J connectivity index is 1.34. The molecule has 0 amide bonds. The van der Waals surface area contributed by atoms with Gasteiger partial charge in [-0.1, -0.05) is 94.2 Å². The molecule has 3 aliphatic carbocycles. The van der Waals surface area contributed by atoms with Crippen LogP contribution >= 0.6 is 10.3 Å². The molecule has 50 heavy (non-hydrogen) atoms. The van der Waals surface area contributed by atoms with Crippen LogP contribution in [0.2, 0.25) is 0 Å². The predicted molar refractivity (Wildman–Crippen MR) is 196 cm³/mol. The average molecular weight is 699 g/mol. The van der Waals surface area contributed by atoms with E-state index in [1.807, 2.05) is 0 Å². The molecular formula is C44H49F3O2S. The summed E-state index contributed by atoms with van der Waals surface area (Å²) in [6.07, 6.45) is 13.9. The van der Waals surface area contributed by atoms with Crippen LogP contribution in [0.3, 0.4) is 0 Å². The third-order valence-corrected chi connectivity index (χ3v) is 14.7. The number of rotatable bonds is 8. The highest BCUT2D eigenvalue weighted by molar-refractivity contribution is 8.30. The molecule has 0 heterocycles. The van der Waals surface area contributed by atoms with Crippen molar-refractivity contribution in [1.29, 1.82) is 0 Å². The van der Waals surface area contributed by atoms with Crippen molar-refractivity contribution in [1.82, 2.24) is 0 Å². The van der Waals surface area contributed by atoms with Crippen molar-refractivity contribution in [2.45, 2.75) is 135 Å². The van der Waals surface area contributed by atoms with Gasteiger partial charge in [-0.3, -0.25) is 0 Å². The van der Waals surface area contributed by atoms with Gasteiger partial charge in [-0.05, 0) is 144 Å². The Bertz CT molecular complexity index is 1550. The maximum absolute atomic E-state index is 14.2. The Morgan fingerprint density at radius 1 is 0.480 bits per heavy atom. The Hall–Kier alpha value is -3.51. The van der Waals surface area contributed by atoms with Crippen LogP contribution in [-0.4, -0.2) is 5.97 Å². The Kier molecular flexibility index (Phi) is 10.7. The van der Waals surface area contributed by atoms with E-state index in [1.165, 1.54) is 125 Å². The fourth-order valence-corrected chi connectivity index (χ4v) is 11.6. The van der Waals surface area contributed by atoms with Gasteiger partial charge < -0.3 is 4.18 Å². The first-order chi connectivity index (χ1) is 24.3. The van der Waals surface area contributed by atoms with Crippen molar-refractivity contribution in [2.24, 2.45) is 0 Å². The molecule has 0 unspecified atom stereocenters. The summed E-state index contributed by atoms with van der Waals surface area (Å²) in [5.74, 6) is 0.960. The molecule has 6 heteroatoms. The zero-order chi connectivity index (χ0) is 34.6. The number of benzene rings is 4. The van der Waals surface area contributed by atoms with E-state index in [1.54, 1.807) is 0 Å². The average Bonchev–Trinajstić information content (AvgIpc) is 3.18. The Labute approximate surface area is 297 Å². The van der Waals surface area contributed by atoms with E-state index in [-0.39, 0.29) is 5.56 Å².